The van der Waals surface area contributed by atoms with E-state index in [1.807, 2.05) is 62.4 Å². The van der Waals surface area contributed by atoms with Gasteiger partial charge in [0, 0.05) is 37.2 Å². The van der Waals surface area contributed by atoms with Gasteiger partial charge in [-0.05, 0) is 124 Å². The molecule has 16 nitrogen and oxygen atoms in total. The van der Waals surface area contributed by atoms with Crippen molar-refractivity contribution in [2.45, 2.75) is 84.5 Å². The number of carbonyl (C=O) groups is 4. The maximum absolute atomic E-state index is 14.2. The van der Waals surface area contributed by atoms with Crippen molar-refractivity contribution in [3.05, 3.63) is 95.6 Å². The Hall–Kier alpha value is -7.10. The molecule has 16 heteroatoms. The first-order valence-corrected chi connectivity index (χ1v) is 23.9. The lowest BCUT2D eigenvalue weighted by atomic mass is 9.98. The highest BCUT2D eigenvalue weighted by Crippen LogP contribution is 2.34. The molecule has 2 saturated heterocycles. The minimum atomic E-state index is -0.715. The number of esters is 2. The second-order valence-corrected chi connectivity index (χ2v) is 18.6. The summed E-state index contributed by atoms with van der Waals surface area (Å²) in [6, 6.07) is 23.3. The first kappa shape index (κ1) is 44.7. The van der Waals surface area contributed by atoms with Gasteiger partial charge in [-0.2, -0.15) is 0 Å². The number of nitrogens with one attached hydrogen (secondary N) is 2. The molecule has 2 aromatic heterocycles. The molecule has 0 aliphatic carbocycles. The SMILES string of the molecule is Cc1nc2ccc(-c3ccc4c(c3)CN(C(=O)N3CCC[C@H](C(=O)OC(C)CCOC(=O)C5CCCCN5C(=O)N5CCOc6ccc(-c7ccc8nc(C)[nH]c8c7)cc6C5)C3)CCO4)cc2[nH]1. The van der Waals surface area contributed by atoms with Crippen LogP contribution in [0.25, 0.3) is 44.3 Å². The van der Waals surface area contributed by atoms with E-state index in [4.69, 9.17) is 18.9 Å². The van der Waals surface area contributed by atoms with E-state index in [1.54, 1.807) is 26.5 Å². The molecule has 0 saturated carbocycles. The lowest BCUT2D eigenvalue weighted by molar-refractivity contribution is -0.157. The molecule has 2 fully saturated rings. The van der Waals surface area contributed by atoms with Gasteiger partial charge in [0.1, 0.15) is 48.5 Å². The monoisotopic (exact) mass is 922 g/mol. The first-order valence-electron chi connectivity index (χ1n) is 23.9. The van der Waals surface area contributed by atoms with Gasteiger partial charge >= 0.3 is 24.0 Å². The number of aryl methyl sites for hydroxylation is 2. The zero-order valence-electron chi connectivity index (χ0n) is 38.9. The number of amides is 4. The predicted molar refractivity (Wildman–Crippen MR) is 255 cm³/mol. The van der Waals surface area contributed by atoms with E-state index in [0.717, 1.165) is 91.4 Å². The molecule has 68 heavy (non-hydrogen) atoms. The third-order valence-corrected chi connectivity index (χ3v) is 13.6. The Bertz CT molecular complexity index is 2870. The molecule has 0 bridgehead atoms. The molecular formula is C52H58N8O8. The topological polar surface area (TPSA) is 176 Å². The summed E-state index contributed by atoms with van der Waals surface area (Å²) in [5.41, 5.74) is 9.64. The summed E-state index contributed by atoms with van der Waals surface area (Å²) in [7, 11) is 0. The normalized spacial score (nSPS) is 19.0. The lowest BCUT2D eigenvalue weighted by Gasteiger charge is -2.37. The number of benzene rings is 4. The molecule has 4 aliphatic heterocycles. The smallest absolute Gasteiger partial charge is 0.328 e. The van der Waals surface area contributed by atoms with Crippen molar-refractivity contribution < 1.29 is 38.1 Å². The van der Waals surface area contributed by atoms with Gasteiger partial charge in [-0.1, -0.05) is 24.3 Å². The number of imidazole rings is 2. The van der Waals surface area contributed by atoms with E-state index >= 15 is 0 Å². The highest BCUT2D eigenvalue weighted by Gasteiger charge is 2.37. The van der Waals surface area contributed by atoms with Crippen LogP contribution in [0.4, 0.5) is 9.59 Å². The second kappa shape index (κ2) is 19.2. The minimum absolute atomic E-state index is 0.0381. The second-order valence-electron chi connectivity index (χ2n) is 18.6. The molecule has 4 aliphatic rings. The number of H-pyrrole nitrogens is 2. The van der Waals surface area contributed by atoms with Gasteiger partial charge in [-0.3, -0.25) is 4.79 Å². The maximum atomic E-state index is 14.2. The van der Waals surface area contributed by atoms with E-state index in [2.05, 4.69) is 44.2 Å². The van der Waals surface area contributed by atoms with Crippen LogP contribution in [-0.4, -0.2) is 128 Å². The van der Waals surface area contributed by atoms with Gasteiger partial charge in [0.05, 0.1) is 60.8 Å². The number of likely N-dealkylation sites (tertiary alicyclic amines) is 2. The number of rotatable bonds is 8. The van der Waals surface area contributed by atoms with Crippen molar-refractivity contribution >= 4 is 46.1 Å². The van der Waals surface area contributed by atoms with Crippen molar-refractivity contribution in [2.24, 2.45) is 5.92 Å². The molecule has 2 unspecified atom stereocenters. The van der Waals surface area contributed by atoms with E-state index in [-0.39, 0.29) is 31.2 Å². The summed E-state index contributed by atoms with van der Waals surface area (Å²) >= 11 is 0. The van der Waals surface area contributed by atoms with Crippen molar-refractivity contribution in [3.63, 3.8) is 0 Å². The number of hydrogen-bond acceptors (Lipinski definition) is 10. The molecule has 3 atom stereocenters. The number of ether oxygens (including phenoxy) is 4. The van der Waals surface area contributed by atoms with E-state index in [9.17, 15) is 19.2 Å². The first-order chi connectivity index (χ1) is 33.0. The number of carbonyl (C=O) groups excluding carboxylic acids is 4. The Balaban J connectivity index is 0.706. The standard InChI is InChI=1S/C52H58N8O8/c1-32(68-49(61)39-7-6-18-57(29-39)51(63)58-20-23-65-47-15-11-35(25-40(47)30-58)37-9-13-42-44(27-37)55-33(2)53-42)17-22-67-50(62)46-8-4-5-19-60(46)52(64)59-21-24-66-48-16-12-36(26-41(48)31-59)38-10-14-43-45(28-38)56-34(3)54-43/h9-16,25-28,32,39,46H,4-8,17-24,29-31H2,1-3H3,(H,53,55)(H,54,56)/t32?,39-,46?/m0/s1. The Morgan fingerprint density at radius 3 is 1.85 bits per heavy atom. The fourth-order valence-electron chi connectivity index (χ4n) is 10.0. The fourth-order valence-corrected chi connectivity index (χ4v) is 10.0. The van der Waals surface area contributed by atoms with Crippen molar-refractivity contribution in [1.29, 1.82) is 0 Å². The number of fused-ring (bicyclic) bond motifs is 4. The number of urea groups is 2. The Kier molecular flexibility index (Phi) is 12.7. The van der Waals surface area contributed by atoms with Crippen LogP contribution in [0.3, 0.4) is 0 Å². The van der Waals surface area contributed by atoms with E-state index < -0.39 is 24.0 Å². The van der Waals surface area contributed by atoms with Crippen molar-refractivity contribution in [3.8, 4) is 33.8 Å². The van der Waals surface area contributed by atoms with Crippen LogP contribution in [0.15, 0.2) is 72.8 Å². The average molecular weight is 923 g/mol. The third-order valence-electron chi connectivity index (χ3n) is 13.6. The number of hydrogen-bond donors (Lipinski definition) is 2. The van der Waals surface area contributed by atoms with Crippen LogP contribution in [0.5, 0.6) is 11.5 Å². The van der Waals surface area contributed by atoms with Crippen LogP contribution in [-0.2, 0) is 32.2 Å². The van der Waals surface area contributed by atoms with Crippen LogP contribution < -0.4 is 9.47 Å². The van der Waals surface area contributed by atoms with Gasteiger partial charge in [-0.15, -0.1) is 0 Å². The third kappa shape index (κ3) is 9.54. The highest BCUT2D eigenvalue weighted by molar-refractivity contribution is 5.86. The van der Waals surface area contributed by atoms with E-state index in [0.29, 0.717) is 78.2 Å². The van der Waals surface area contributed by atoms with E-state index in [1.165, 1.54) is 0 Å². The van der Waals surface area contributed by atoms with Crippen LogP contribution in [0, 0.1) is 19.8 Å². The molecule has 4 amide bonds. The molecule has 10 rings (SSSR count). The molecule has 4 aromatic carbocycles. The zero-order valence-corrected chi connectivity index (χ0v) is 38.9. The van der Waals surface area contributed by atoms with Crippen LogP contribution >= 0.6 is 0 Å². The predicted octanol–water partition coefficient (Wildman–Crippen LogP) is 8.15. The largest absolute Gasteiger partial charge is 0.491 e. The highest BCUT2D eigenvalue weighted by atomic mass is 16.6. The fraction of sp³-hybridized carbons (Fsp3) is 0.423. The number of aromatic amines is 2. The van der Waals surface area contributed by atoms with Gasteiger partial charge in [-0.25, -0.2) is 24.4 Å². The van der Waals surface area contributed by atoms with Gasteiger partial charge in [0.25, 0.3) is 0 Å². The molecule has 6 heterocycles. The zero-order chi connectivity index (χ0) is 46.9. The van der Waals surface area contributed by atoms with Gasteiger partial charge in [0.15, 0.2) is 0 Å². The minimum Gasteiger partial charge on any atom is -0.491 e. The quantitative estimate of drug-likeness (QED) is 0.142. The Labute approximate surface area is 394 Å². The summed E-state index contributed by atoms with van der Waals surface area (Å²) in [4.78, 5) is 77.9. The molecule has 6 aromatic rings. The number of aromatic nitrogens is 4. The molecule has 0 radical (unpaired) electrons. The van der Waals surface area contributed by atoms with Gasteiger partial charge in [0.2, 0.25) is 0 Å². The van der Waals surface area contributed by atoms with Gasteiger partial charge < -0.3 is 48.5 Å². The van der Waals surface area contributed by atoms with Crippen molar-refractivity contribution in [1.82, 2.24) is 39.5 Å². The lowest BCUT2D eigenvalue weighted by Crippen LogP contribution is -2.53. The Morgan fingerprint density at radius 2 is 1.24 bits per heavy atom. The molecule has 0 spiro atoms. The van der Waals surface area contributed by atoms with Crippen molar-refractivity contribution in [2.75, 3.05) is 52.5 Å². The molecular weight excluding hydrogens is 865 g/mol. The number of piperidine rings is 2. The maximum Gasteiger partial charge on any atom is 0.328 e. The van der Waals surface area contributed by atoms with Crippen LogP contribution in [0.1, 0.15) is 68.2 Å². The average Bonchev–Trinajstić information content (AvgIpc) is 3.74. The summed E-state index contributed by atoms with van der Waals surface area (Å²) in [5.74, 6) is 1.91. The molecule has 354 valence electrons. The summed E-state index contributed by atoms with van der Waals surface area (Å²) in [6.07, 6.45) is 3.17. The Morgan fingerprint density at radius 1 is 0.662 bits per heavy atom. The summed E-state index contributed by atoms with van der Waals surface area (Å²) in [6.45, 7) is 9.18. The van der Waals surface area contributed by atoms with Crippen LogP contribution in [0.2, 0.25) is 0 Å². The summed E-state index contributed by atoms with van der Waals surface area (Å²) in [5, 5.41) is 0. The number of nitrogens with zero attached hydrogens (tertiary/aromatic N) is 6. The molecule has 2 N–H and O–H groups in total. The summed E-state index contributed by atoms with van der Waals surface area (Å²) < 4.78 is 23.8.